The van der Waals surface area contributed by atoms with Crippen molar-refractivity contribution in [1.29, 1.82) is 0 Å². The molecule has 0 atom stereocenters. The number of anilines is 3. The molecule has 0 spiro atoms. The van der Waals surface area contributed by atoms with Crippen molar-refractivity contribution in [3.63, 3.8) is 0 Å². The Hall–Kier alpha value is -3.50. The van der Waals surface area contributed by atoms with E-state index in [4.69, 9.17) is 4.74 Å². The summed E-state index contributed by atoms with van der Waals surface area (Å²) in [5.41, 5.74) is 1.41. The number of fused-ring (bicyclic) bond motifs is 1. The third-order valence-corrected chi connectivity index (χ3v) is 5.79. The molecule has 1 aliphatic rings. The Labute approximate surface area is 188 Å². The van der Waals surface area contributed by atoms with E-state index in [2.05, 4.69) is 35.1 Å². The number of aromatic nitrogens is 5. The van der Waals surface area contributed by atoms with Crippen LogP contribution < -0.4 is 15.8 Å². The fraction of sp³-hybridized carbons (Fsp3) is 0.227. The summed E-state index contributed by atoms with van der Waals surface area (Å²) >= 11 is 1.40. The Balaban J connectivity index is 1.41. The fourth-order valence-electron chi connectivity index (χ4n) is 3.36. The zero-order chi connectivity index (χ0) is 21.8. The number of thioether (sulfide) groups is 1. The lowest BCUT2D eigenvalue weighted by atomic mass is 10.2. The van der Waals surface area contributed by atoms with Crippen molar-refractivity contribution in [2.75, 3.05) is 36.5 Å². The molecular weight excluding hydrogens is 426 g/mol. The standard InChI is InChI=1S/C22H21N7O2S/c30-19-16-8-4-5-9-17(16)24-18(25-19)14-32-22-27-20(23-15-6-2-1-3-7-15)26-21(28-22)29-10-12-31-13-11-29/h1-9H,10-14H2,(H,24,25,30)(H,23,26,27,28). The van der Waals surface area contributed by atoms with E-state index in [9.17, 15) is 4.79 Å². The van der Waals surface area contributed by atoms with Gasteiger partial charge in [-0.15, -0.1) is 0 Å². The first-order chi connectivity index (χ1) is 15.7. The third kappa shape index (κ3) is 4.71. The Kier molecular flexibility index (Phi) is 5.95. The first-order valence-corrected chi connectivity index (χ1v) is 11.2. The lowest BCUT2D eigenvalue weighted by Crippen LogP contribution is -2.37. The number of ether oxygens (including phenoxy) is 1. The summed E-state index contributed by atoms with van der Waals surface area (Å²) in [5, 5.41) is 4.37. The predicted molar refractivity (Wildman–Crippen MR) is 125 cm³/mol. The fourth-order valence-corrected chi connectivity index (χ4v) is 4.06. The van der Waals surface area contributed by atoms with Crippen LogP contribution in [-0.4, -0.2) is 51.2 Å². The summed E-state index contributed by atoms with van der Waals surface area (Å²) < 4.78 is 5.45. The highest BCUT2D eigenvalue weighted by Crippen LogP contribution is 2.23. The number of aromatic amines is 1. The van der Waals surface area contributed by atoms with Gasteiger partial charge in [0.15, 0.2) is 5.16 Å². The van der Waals surface area contributed by atoms with E-state index >= 15 is 0 Å². The Morgan fingerprint density at radius 3 is 2.59 bits per heavy atom. The number of H-pyrrole nitrogens is 1. The highest BCUT2D eigenvalue weighted by molar-refractivity contribution is 7.98. The number of hydrogen-bond donors (Lipinski definition) is 2. The Morgan fingerprint density at radius 1 is 0.969 bits per heavy atom. The van der Waals surface area contributed by atoms with Crippen molar-refractivity contribution in [3.8, 4) is 0 Å². The van der Waals surface area contributed by atoms with Gasteiger partial charge in [-0.2, -0.15) is 15.0 Å². The molecule has 0 amide bonds. The van der Waals surface area contributed by atoms with E-state index in [0.29, 0.717) is 52.7 Å². The monoisotopic (exact) mass is 447 g/mol. The number of hydrogen-bond acceptors (Lipinski definition) is 9. The second-order valence-corrected chi connectivity index (χ2v) is 8.09. The molecule has 1 fully saturated rings. The molecule has 0 saturated carbocycles. The average molecular weight is 448 g/mol. The summed E-state index contributed by atoms with van der Waals surface area (Å²) in [6.45, 7) is 2.71. The van der Waals surface area contributed by atoms with Crippen LogP contribution in [0.2, 0.25) is 0 Å². The SMILES string of the molecule is O=c1[nH]c(CSc2nc(Nc3ccccc3)nc(N3CCOCC3)n2)nc2ccccc12. The molecule has 9 nitrogen and oxygen atoms in total. The molecule has 162 valence electrons. The molecule has 1 aliphatic heterocycles. The van der Waals surface area contributed by atoms with Crippen molar-refractivity contribution < 1.29 is 4.74 Å². The molecule has 2 aromatic heterocycles. The molecule has 2 N–H and O–H groups in total. The predicted octanol–water partition coefficient (Wildman–Crippen LogP) is 2.98. The van der Waals surface area contributed by atoms with Crippen LogP contribution in [0.5, 0.6) is 0 Å². The average Bonchev–Trinajstić information content (AvgIpc) is 2.84. The molecule has 0 aliphatic carbocycles. The minimum atomic E-state index is -0.151. The van der Waals surface area contributed by atoms with Crippen LogP contribution in [0.25, 0.3) is 10.9 Å². The Morgan fingerprint density at radius 2 is 1.75 bits per heavy atom. The van der Waals surface area contributed by atoms with Crippen LogP contribution in [-0.2, 0) is 10.5 Å². The summed E-state index contributed by atoms with van der Waals surface area (Å²) in [7, 11) is 0. The quantitative estimate of drug-likeness (QED) is 0.431. The second kappa shape index (κ2) is 9.33. The zero-order valence-electron chi connectivity index (χ0n) is 17.2. The van der Waals surface area contributed by atoms with Crippen molar-refractivity contribution in [2.24, 2.45) is 0 Å². The van der Waals surface area contributed by atoms with Gasteiger partial charge in [0.05, 0.1) is 29.9 Å². The molecule has 5 rings (SSSR count). The van der Waals surface area contributed by atoms with Crippen molar-refractivity contribution >= 4 is 40.2 Å². The highest BCUT2D eigenvalue weighted by atomic mass is 32.2. The number of nitrogens with zero attached hydrogens (tertiary/aromatic N) is 5. The van der Waals surface area contributed by atoms with Gasteiger partial charge in [0.2, 0.25) is 11.9 Å². The van der Waals surface area contributed by atoms with Gasteiger partial charge >= 0.3 is 0 Å². The summed E-state index contributed by atoms with van der Waals surface area (Å²) in [6.07, 6.45) is 0. The molecule has 10 heteroatoms. The normalized spacial score (nSPS) is 13.9. The van der Waals surface area contributed by atoms with Gasteiger partial charge in [0.25, 0.3) is 5.56 Å². The summed E-state index contributed by atoms with van der Waals surface area (Å²) in [4.78, 5) is 35.7. The lowest BCUT2D eigenvalue weighted by molar-refractivity contribution is 0.122. The van der Waals surface area contributed by atoms with Gasteiger partial charge in [-0.25, -0.2) is 4.98 Å². The van der Waals surface area contributed by atoms with Gasteiger partial charge in [0.1, 0.15) is 5.82 Å². The second-order valence-electron chi connectivity index (χ2n) is 7.15. The van der Waals surface area contributed by atoms with Gasteiger partial charge in [-0.05, 0) is 24.3 Å². The third-order valence-electron chi connectivity index (χ3n) is 4.93. The van der Waals surface area contributed by atoms with Crippen LogP contribution >= 0.6 is 11.8 Å². The highest BCUT2D eigenvalue weighted by Gasteiger charge is 2.17. The number of para-hydroxylation sites is 2. The van der Waals surface area contributed by atoms with E-state index in [1.165, 1.54) is 11.8 Å². The molecule has 1 saturated heterocycles. The zero-order valence-corrected chi connectivity index (χ0v) is 18.0. The van der Waals surface area contributed by atoms with Crippen LogP contribution in [0.15, 0.2) is 64.5 Å². The largest absolute Gasteiger partial charge is 0.378 e. The van der Waals surface area contributed by atoms with E-state index in [0.717, 1.165) is 18.8 Å². The molecule has 0 bridgehead atoms. The smallest absolute Gasteiger partial charge is 0.258 e. The molecule has 3 heterocycles. The van der Waals surface area contributed by atoms with Gasteiger partial charge < -0.3 is 19.9 Å². The minimum Gasteiger partial charge on any atom is -0.378 e. The van der Waals surface area contributed by atoms with Crippen LogP contribution in [0, 0.1) is 0 Å². The molecule has 4 aromatic rings. The molecular formula is C22H21N7O2S. The first kappa shape index (κ1) is 20.4. The van der Waals surface area contributed by atoms with Crippen molar-refractivity contribution in [2.45, 2.75) is 10.9 Å². The van der Waals surface area contributed by atoms with Crippen LogP contribution in [0.4, 0.5) is 17.6 Å². The molecule has 0 unspecified atom stereocenters. The summed E-state index contributed by atoms with van der Waals surface area (Å²) in [5.74, 6) is 2.07. The maximum Gasteiger partial charge on any atom is 0.258 e. The van der Waals surface area contributed by atoms with E-state index in [1.807, 2.05) is 48.5 Å². The number of morpholine rings is 1. The maximum absolute atomic E-state index is 12.4. The molecule has 2 aromatic carbocycles. The van der Waals surface area contributed by atoms with Crippen molar-refractivity contribution in [3.05, 3.63) is 70.8 Å². The van der Waals surface area contributed by atoms with E-state index < -0.39 is 0 Å². The van der Waals surface area contributed by atoms with E-state index in [-0.39, 0.29) is 5.56 Å². The van der Waals surface area contributed by atoms with E-state index in [1.54, 1.807) is 6.07 Å². The van der Waals surface area contributed by atoms with Crippen LogP contribution in [0.1, 0.15) is 5.82 Å². The number of nitrogens with one attached hydrogen (secondary N) is 2. The first-order valence-electron chi connectivity index (χ1n) is 10.3. The topological polar surface area (TPSA) is 109 Å². The maximum atomic E-state index is 12.4. The van der Waals surface area contributed by atoms with Crippen molar-refractivity contribution in [1.82, 2.24) is 24.9 Å². The minimum absolute atomic E-state index is 0.151. The van der Waals surface area contributed by atoms with Gasteiger partial charge in [-0.3, -0.25) is 4.79 Å². The summed E-state index contributed by atoms with van der Waals surface area (Å²) in [6, 6.07) is 17.1. The van der Waals surface area contributed by atoms with Gasteiger partial charge in [-0.1, -0.05) is 42.1 Å². The lowest BCUT2D eigenvalue weighted by Gasteiger charge is -2.27. The number of benzene rings is 2. The molecule has 0 radical (unpaired) electrons. The van der Waals surface area contributed by atoms with Crippen LogP contribution in [0.3, 0.4) is 0 Å². The Bertz CT molecular complexity index is 1280. The van der Waals surface area contributed by atoms with Gasteiger partial charge in [0, 0.05) is 18.8 Å². The molecule has 32 heavy (non-hydrogen) atoms. The number of rotatable bonds is 6.